The van der Waals surface area contributed by atoms with Gasteiger partial charge in [-0.1, -0.05) is 32.9 Å². The lowest BCUT2D eigenvalue weighted by molar-refractivity contribution is -0.134. The molecule has 32 heavy (non-hydrogen) atoms. The van der Waals surface area contributed by atoms with Crippen molar-refractivity contribution in [2.45, 2.75) is 83.2 Å². The van der Waals surface area contributed by atoms with Crippen LogP contribution in [0, 0.1) is 5.41 Å². The molecule has 2 fully saturated rings. The molecule has 1 aromatic carbocycles. The second kappa shape index (κ2) is 8.41. The Bertz CT molecular complexity index is 912. The summed E-state index contributed by atoms with van der Waals surface area (Å²) in [5, 5.41) is 5.66. The summed E-state index contributed by atoms with van der Waals surface area (Å²) in [5.74, 6) is -0.591. The zero-order valence-corrected chi connectivity index (χ0v) is 19.6. The van der Waals surface area contributed by atoms with Crippen LogP contribution in [0.25, 0.3) is 0 Å². The van der Waals surface area contributed by atoms with Crippen molar-refractivity contribution in [1.29, 1.82) is 0 Å². The van der Waals surface area contributed by atoms with E-state index in [-0.39, 0.29) is 34.8 Å². The number of ether oxygens (including phenoxy) is 1. The van der Waals surface area contributed by atoms with Gasteiger partial charge in [-0.2, -0.15) is 0 Å². The Hall–Kier alpha value is -2.57. The molecule has 0 spiro atoms. The van der Waals surface area contributed by atoms with Gasteiger partial charge in [-0.25, -0.2) is 4.79 Å². The van der Waals surface area contributed by atoms with Gasteiger partial charge in [0.15, 0.2) is 0 Å². The zero-order valence-electron chi connectivity index (χ0n) is 19.6. The highest BCUT2D eigenvalue weighted by atomic mass is 16.5. The molecule has 0 radical (unpaired) electrons. The molecule has 7 nitrogen and oxygen atoms in total. The van der Waals surface area contributed by atoms with Crippen LogP contribution < -0.4 is 15.5 Å². The van der Waals surface area contributed by atoms with Crippen LogP contribution in [-0.2, 0) is 20.7 Å². The SMILES string of the molecule is COC(=O)NC1(C(C)(C)C)CCC(N2CCc3c([C@H]4CCC(=O)NC4=O)cccc32)CC1. The Morgan fingerprint density at radius 2 is 1.88 bits per heavy atom. The molecule has 0 bridgehead atoms. The predicted molar refractivity (Wildman–Crippen MR) is 123 cm³/mol. The van der Waals surface area contributed by atoms with Crippen molar-refractivity contribution < 1.29 is 19.1 Å². The fourth-order valence-electron chi connectivity index (χ4n) is 5.90. The molecule has 4 rings (SSSR count). The van der Waals surface area contributed by atoms with E-state index in [0.29, 0.717) is 18.9 Å². The van der Waals surface area contributed by atoms with Gasteiger partial charge < -0.3 is 15.0 Å². The minimum absolute atomic E-state index is 0.0754. The van der Waals surface area contributed by atoms with Crippen molar-refractivity contribution in [1.82, 2.24) is 10.6 Å². The van der Waals surface area contributed by atoms with Gasteiger partial charge >= 0.3 is 6.09 Å². The zero-order chi connectivity index (χ0) is 23.1. The van der Waals surface area contributed by atoms with Crippen LogP contribution in [0.4, 0.5) is 10.5 Å². The van der Waals surface area contributed by atoms with Crippen molar-refractivity contribution in [2.75, 3.05) is 18.6 Å². The summed E-state index contributed by atoms with van der Waals surface area (Å²) >= 11 is 0. The number of nitrogens with zero attached hydrogens (tertiary/aromatic N) is 1. The molecule has 1 aromatic rings. The molecule has 2 N–H and O–H groups in total. The molecule has 2 heterocycles. The molecule has 174 valence electrons. The van der Waals surface area contributed by atoms with E-state index < -0.39 is 0 Å². The minimum atomic E-state index is -0.362. The van der Waals surface area contributed by atoms with Gasteiger partial charge in [0.05, 0.1) is 13.0 Å². The summed E-state index contributed by atoms with van der Waals surface area (Å²) in [6.07, 6.45) is 5.31. The summed E-state index contributed by atoms with van der Waals surface area (Å²) in [6.45, 7) is 7.49. The molecule has 0 aromatic heterocycles. The fraction of sp³-hybridized carbons (Fsp3) is 0.640. The number of carbonyl (C=O) groups excluding carboxylic acids is 3. The maximum Gasteiger partial charge on any atom is 0.407 e. The number of fused-ring (bicyclic) bond motifs is 1. The Balaban J connectivity index is 1.52. The molecule has 0 unspecified atom stereocenters. The van der Waals surface area contributed by atoms with Crippen molar-refractivity contribution in [3.63, 3.8) is 0 Å². The summed E-state index contributed by atoms with van der Waals surface area (Å²) in [6, 6.07) is 6.66. The lowest BCUT2D eigenvalue weighted by Gasteiger charge is -2.50. The molecular weight excluding hydrogens is 406 g/mol. The third-order valence-corrected chi connectivity index (χ3v) is 7.93. The smallest absolute Gasteiger partial charge is 0.407 e. The normalized spacial score (nSPS) is 28.2. The molecule has 1 saturated carbocycles. The number of hydrogen-bond donors (Lipinski definition) is 2. The first-order valence-electron chi connectivity index (χ1n) is 11.7. The van der Waals surface area contributed by atoms with E-state index in [9.17, 15) is 14.4 Å². The highest BCUT2D eigenvalue weighted by Crippen LogP contribution is 2.45. The Kier molecular flexibility index (Phi) is 5.94. The van der Waals surface area contributed by atoms with E-state index in [1.807, 2.05) is 12.1 Å². The van der Waals surface area contributed by atoms with E-state index in [2.05, 4.69) is 42.4 Å². The molecule has 3 amide bonds. The first-order chi connectivity index (χ1) is 15.1. The maximum absolute atomic E-state index is 12.5. The Morgan fingerprint density at radius 1 is 1.16 bits per heavy atom. The van der Waals surface area contributed by atoms with Crippen LogP contribution in [0.2, 0.25) is 0 Å². The third-order valence-electron chi connectivity index (χ3n) is 7.93. The molecular formula is C25H35N3O4. The molecule has 1 saturated heterocycles. The van der Waals surface area contributed by atoms with Crippen LogP contribution in [0.1, 0.15) is 76.3 Å². The topological polar surface area (TPSA) is 87.7 Å². The third kappa shape index (κ3) is 3.97. The van der Waals surface area contributed by atoms with Crippen LogP contribution in [0.15, 0.2) is 18.2 Å². The number of methoxy groups -OCH3 is 1. The number of alkyl carbamates (subject to hydrolysis) is 1. The van der Waals surface area contributed by atoms with E-state index >= 15 is 0 Å². The standard InChI is InChI=1S/C25H35N3O4/c1-24(2,3)25(27-23(31)32-4)13-10-16(11-14-25)28-15-12-18-17(6-5-7-20(18)28)19-8-9-21(29)26-22(19)30/h5-7,16,19H,8-15H2,1-4H3,(H,27,31)(H,26,29,30)/t16?,19-,25?/m1/s1. The van der Waals surface area contributed by atoms with E-state index in [0.717, 1.165) is 44.2 Å². The van der Waals surface area contributed by atoms with Crippen LogP contribution in [-0.4, -0.2) is 43.1 Å². The van der Waals surface area contributed by atoms with Gasteiger partial charge in [0.25, 0.3) is 0 Å². The molecule has 1 aliphatic carbocycles. The van der Waals surface area contributed by atoms with Gasteiger partial charge in [0.1, 0.15) is 0 Å². The summed E-state index contributed by atoms with van der Waals surface area (Å²) in [7, 11) is 1.42. The van der Waals surface area contributed by atoms with E-state index in [4.69, 9.17) is 4.74 Å². The molecule has 7 heteroatoms. The monoisotopic (exact) mass is 441 g/mol. The largest absolute Gasteiger partial charge is 0.453 e. The minimum Gasteiger partial charge on any atom is -0.453 e. The summed E-state index contributed by atoms with van der Waals surface area (Å²) in [5.41, 5.74) is 3.19. The van der Waals surface area contributed by atoms with Crippen LogP contribution in [0.5, 0.6) is 0 Å². The predicted octanol–water partition coefficient (Wildman–Crippen LogP) is 3.65. The maximum atomic E-state index is 12.5. The summed E-state index contributed by atoms with van der Waals surface area (Å²) < 4.78 is 4.92. The second-order valence-corrected chi connectivity index (χ2v) is 10.5. The summed E-state index contributed by atoms with van der Waals surface area (Å²) in [4.78, 5) is 38.6. The van der Waals surface area contributed by atoms with Crippen molar-refractivity contribution in [3.05, 3.63) is 29.3 Å². The van der Waals surface area contributed by atoms with Crippen molar-refractivity contribution in [2.24, 2.45) is 5.41 Å². The van der Waals surface area contributed by atoms with Gasteiger partial charge in [0.2, 0.25) is 11.8 Å². The average molecular weight is 442 g/mol. The number of amides is 3. The molecule has 1 atom stereocenters. The molecule has 2 aliphatic heterocycles. The Labute approximate surface area is 190 Å². The highest BCUT2D eigenvalue weighted by Gasteiger charge is 2.47. The number of imide groups is 1. The number of carbonyl (C=O) groups is 3. The van der Waals surface area contributed by atoms with Crippen molar-refractivity contribution >= 4 is 23.6 Å². The fourth-order valence-corrected chi connectivity index (χ4v) is 5.90. The van der Waals surface area contributed by atoms with Gasteiger partial charge in [0, 0.05) is 30.2 Å². The average Bonchev–Trinajstić information content (AvgIpc) is 3.18. The van der Waals surface area contributed by atoms with E-state index in [1.165, 1.54) is 18.4 Å². The number of hydrogen-bond acceptors (Lipinski definition) is 5. The highest BCUT2D eigenvalue weighted by molar-refractivity contribution is 6.01. The molecule has 3 aliphatic rings. The lowest BCUT2D eigenvalue weighted by Crippen LogP contribution is -2.60. The Morgan fingerprint density at radius 3 is 2.50 bits per heavy atom. The van der Waals surface area contributed by atoms with Gasteiger partial charge in [-0.3, -0.25) is 14.9 Å². The number of anilines is 1. The lowest BCUT2D eigenvalue weighted by atomic mass is 9.64. The first kappa shape index (κ1) is 22.6. The van der Waals surface area contributed by atoms with Gasteiger partial charge in [-0.05, 0) is 61.1 Å². The number of nitrogens with one attached hydrogen (secondary N) is 2. The quantitative estimate of drug-likeness (QED) is 0.699. The van der Waals surface area contributed by atoms with Crippen LogP contribution >= 0.6 is 0 Å². The van der Waals surface area contributed by atoms with Gasteiger partial charge in [-0.15, -0.1) is 0 Å². The number of benzene rings is 1. The number of piperidine rings is 1. The van der Waals surface area contributed by atoms with E-state index in [1.54, 1.807) is 0 Å². The van der Waals surface area contributed by atoms with Crippen molar-refractivity contribution in [3.8, 4) is 0 Å². The number of rotatable bonds is 3. The second-order valence-electron chi connectivity index (χ2n) is 10.5. The first-order valence-corrected chi connectivity index (χ1v) is 11.7. The van der Waals surface area contributed by atoms with Crippen LogP contribution in [0.3, 0.4) is 0 Å².